The molecule has 0 saturated carbocycles. The standard InChI is InChI=1S/C13H11F3N4O2/c14-13(15,16)22-10-4-2-9(3-5-10)8-11(21)19-20-12-17-6-1-7-18-12/h1-7H,8H2,(H,19,21)(H,17,18,20). The van der Waals surface area contributed by atoms with Crippen LogP contribution in [-0.4, -0.2) is 22.2 Å². The maximum atomic E-state index is 12.0. The SMILES string of the molecule is O=C(Cc1ccc(OC(F)(F)F)cc1)NNc1ncccn1. The van der Waals surface area contributed by atoms with E-state index in [1.807, 2.05) is 0 Å². The van der Waals surface area contributed by atoms with Crippen molar-refractivity contribution in [3.05, 3.63) is 48.3 Å². The fourth-order valence-electron chi connectivity index (χ4n) is 1.53. The average Bonchev–Trinajstić information content (AvgIpc) is 2.47. The zero-order chi connectivity index (χ0) is 16.0. The van der Waals surface area contributed by atoms with Crippen LogP contribution in [0.4, 0.5) is 19.1 Å². The van der Waals surface area contributed by atoms with Gasteiger partial charge >= 0.3 is 6.36 Å². The van der Waals surface area contributed by atoms with Crippen LogP contribution in [0, 0.1) is 0 Å². The van der Waals surface area contributed by atoms with Crippen LogP contribution in [0.25, 0.3) is 0 Å². The smallest absolute Gasteiger partial charge is 0.406 e. The van der Waals surface area contributed by atoms with Gasteiger partial charge in [-0.3, -0.25) is 15.6 Å². The van der Waals surface area contributed by atoms with Crippen molar-refractivity contribution in [1.82, 2.24) is 15.4 Å². The van der Waals surface area contributed by atoms with E-state index in [1.54, 1.807) is 6.07 Å². The number of halogens is 3. The zero-order valence-electron chi connectivity index (χ0n) is 11.1. The molecule has 116 valence electrons. The second-order valence-corrected chi connectivity index (χ2v) is 4.11. The molecule has 1 aromatic heterocycles. The zero-order valence-corrected chi connectivity index (χ0v) is 11.1. The summed E-state index contributed by atoms with van der Waals surface area (Å²) in [6, 6.07) is 6.66. The lowest BCUT2D eigenvalue weighted by molar-refractivity contribution is -0.274. The molecule has 6 nitrogen and oxygen atoms in total. The minimum absolute atomic E-state index is 0.0217. The van der Waals surface area contributed by atoms with Crippen molar-refractivity contribution in [2.75, 3.05) is 5.43 Å². The first kappa shape index (κ1) is 15.5. The molecule has 2 N–H and O–H groups in total. The number of hydrogen-bond acceptors (Lipinski definition) is 5. The molecule has 0 radical (unpaired) electrons. The predicted molar refractivity (Wildman–Crippen MR) is 70.6 cm³/mol. The van der Waals surface area contributed by atoms with Gasteiger partial charge in [0.2, 0.25) is 11.9 Å². The molecule has 1 aromatic carbocycles. The van der Waals surface area contributed by atoms with Crippen LogP contribution in [-0.2, 0) is 11.2 Å². The summed E-state index contributed by atoms with van der Waals surface area (Å²) < 4.78 is 39.8. The minimum Gasteiger partial charge on any atom is -0.406 e. The lowest BCUT2D eigenvalue weighted by Crippen LogP contribution is -2.31. The molecular formula is C13H11F3N4O2. The fourth-order valence-corrected chi connectivity index (χ4v) is 1.53. The molecule has 2 rings (SSSR count). The number of anilines is 1. The highest BCUT2D eigenvalue weighted by molar-refractivity contribution is 5.79. The van der Waals surface area contributed by atoms with E-state index >= 15 is 0 Å². The number of hydrazine groups is 1. The maximum absolute atomic E-state index is 12.0. The van der Waals surface area contributed by atoms with Crippen molar-refractivity contribution in [2.45, 2.75) is 12.8 Å². The van der Waals surface area contributed by atoms with Crippen molar-refractivity contribution in [3.63, 3.8) is 0 Å². The molecule has 0 atom stereocenters. The van der Waals surface area contributed by atoms with Crippen molar-refractivity contribution >= 4 is 11.9 Å². The van der Waals surface area contributed by atoms with Crippen molar-refractivity contribution < 1.29 is 22.7 Å². The van der Waals surface area contributed by atoms with Gasteiger partial charge in [0, 0.05) is 12.4 Å². The number of benzene rings is 1. The molecule has 9 heteroatoms. The number of alkyl halides is 3. The van der Waals surface area contributed by atoms with Gasteiger partial charge in [-0.15, -0.1) is 13.2 Å². The van der Waals surface area contributed by atoms with E-state index in [9.17, 15) is 18.0 Å². The highest BCUT2D eigenvalue weighted by atomic mass is 19.4. The largest absolute Gasteiger partial charge is 0.573 e. The molecule has 0 aliphatic heterocycles. The van der Waals surface area contributed by atoms with Gasteiger partial charge in [-0.1, -0.05) is 12.1 Å². The Labute approximate surface area is 123 Å². The molecule has 1 amide bonds. The Hall–Kier alpha value is -2.84. The minimum atomic E-state index is -4.74. The van der Waals surface area contributed by atoms with Gasteiger partial charge < -0.3 is 4.74 Å². The second kappa shape index (κ2) is 6.74. The number of rotatable bonds is 5. The summed E-state index contributed by atoms with van der Waals surface area (Å²) in [6.07, 6.45) is -1.76. The van der Waals surface area contributed by atoms with Gasteiger partial charge in [-0.25, -0.2) is 9.97 Å². The Bertz CT molecular complexity index is 617. The van der Waals surface area contributed by atoms with Crippen LogP contribution >= 0.6 is 0 Å². The van der Waals surface area contributed by atoms with Gasteiger partial charge in [0.25, 0.3) is 0 Å². The van der Waals surface area contributed by atoms with E-state index in [1.165, 1.54) is 24.5 Å². The second-order valence-electron chi connectivity index (χ2n) is 4.11. The van der Waals surface area contributed by atoms with E-state index < -0.39 is 12.3 Å². The van der Waals surface area contributed by atoms with Crippen molar-refractivity contribution in [3.8, 4) is 5.75 Å². The van der Waals surface area contributed by atoms with Crippen molar-refractivity contribution in [2.24, 2.45) is 0 Å². The number of ether oxygens (including phenoxy) is 1. The highest BCUT2D eigenvalue weighted by Crippen LogP contribution is 2.22. The van der Waals surface area contributed by atoms with Gasteiger partial charge in [-0.05, 0) is 23.8 Å². The third kappa shape index (κ3) is 5.27. The average molecular weight is 312 g/mol. The molecule has 0 unspecified atom stereocenters. The first-order valence-electron chi connectivity index (χ1n) is 6.09. The fraction of sp³-hybridized carbons (Fsp3) is 0.154. The van der Waals surface area contributed by atoms with E-state index in [0.717, 1.165) is 12.1 Å². The first-order chi connectivity index (χ1) is 10.4. The quantitative estimate of drug-likeness (QED) is 0.827. The summed E-state index contributed by atoms with van der Waals surface area (Å²) in [5.74, 6) is -0.505. The molecular weight excluding hydrogens is 301 g/mol. The van der Waals surface area contributed by atoms with Crippen LogP contribution in [0.15, 0.2) is 42.7 Å². The van der Waals surface area contributed by atoms with E-state index in [0.29, 0.717) is 5.56 Å². The van der Waals surface area contributed by atoms with Gasteiger partial charge in [0.15, 0.2) is 0 Å². The van der Waals surface area contributed by atoms with Crippen LogP contribution in [0.1, 0.15) is 5.56 Å². The summed E-state index contributed by atoms with van der Waals surface area (Å²) in [7, 11) is 0. The summed E-state index contributed by atoms with van der Waals surface area (Å²) in [4.78, 5) is 19.3. The first-order valence-corrected chi connectivity index (χ1v) is 6.09. The molecule has 0 bridgehead atoms. The van der Waals surface area contributed by atoms with Crippen LogP contribution in [0.5, 0.6) is 5.75 Å². The molecule has 2 aromatic rings. The molecule has 0 spiro atoms. The third-order valence-electron chi connectivity index (χ3n) is 2.40. The molecule has 0 aliphatic carbocycles. The number of hydrogen-bond donors (Lipinski definition) is 2. The van der Waals surface area contributed by atoms with Crippen LogP contribution in [0.3, 0.4) is 0 Å². The Morgan fingerprint density at radius 3 is 2.36 bits per heavy atom. The van der Waals surface area contributed by atoms with E-state index in [4.69, 9.17) is 0 Å². The number of aromatic nitrogens is 2. The van der Waals surface area contributed by atoms with E-state index in [-0.39, 0.29) is 18.1 Å². The summed E-state index contributed by atoms with van der Waals surface area (Å²) in [5, 5.41) is 0. The number of nitrogens with zero attached hydrogens (tertiary/aromatic N) is 2. The Kier molecular flexibility index (Phi) is 4.77. The lowest BCUT2D eigenvalue weighted by atomic mass is 10.1. The van der Waals surface area contributed by atoms with Gasteiger partial charge in [-0.2, -0.15) is 0 Å². The number of nitrogens with one attached hydrogen (secondary N) is 2. The number of amides is 1. The number of carbonyl (C=O) groups excluding carboxylic acids is 1. The van der Waals surface area contributed by atoms with Gasteiger partial charge in [0.1, 0.15) is 5.75 Å². The summed E-state index contributed by atoms with van der Waals surface area (Å²) in [6.45, 7) is 0. The maximum Gasteiger partial charge on any atom is 0.573 e. The summed E-state index contributed by atoms with van der Waals surface area (Å²) in [5.41, 5.74) is 5.42. The Morgan fingerprint density at radius 1 is 1.14 bits per heavy atom. The Morgan fingerprint density at radius 2 is 1.77 bits per heavy atom. The molecule has 1 heterocycles. The topological polar surface area (TPSA) is 76.1 Å². The normalized spacial score (nSPS) is 10.9. The number of carbonyl (C=O) groups is 1. The molecule has 0 saturated heterocycles. The van der Waals surface area contributed by atoms with Gasteiger partial charge in [0.05, 0.1) is 6.42 Å². The summed E-state index contributed by atoms with van der Waals surface area (Å²) >= 11 is 0. The lowest BCUT2D eigenvalue weighted by Gasteiger charge is -2.09. The van der Waals surface area contributed by atoms with Crippen LogP contribution < -0.4 is 15.6 Å². The molecule has 0 fully saturated rings. The molecule has 22 heavy (non-hydrogen) atoms. The van der Waals surface area contributed by atoms with Crippen LogP contribution in [0.2, 0.25) is 0 Å². The van der Waals surface area contributed by atoms with Crippen molar-refractivity contribution in [1.29, 1.82) is 0 Å². The Balaban J connectivity index is 1.84. The highest BCUT2D eigenvalue weighted by Gasteiger charge is 2.30. The third-order valence-corrected chi connectivity index (χ3v) is 2.40. The predicted octanol–water partition coefficient (Wildman–Crippen LogP) is 2.06. The van der Waals surface area contributed by atoms with E-state index in [2.05, 4.69) is 25.6 Å². The monoisotopic (exact) mass is 312 g/mol. The molecule has 0 aliphatic rings.